The van der Waals surface area contributed by atoms with Crippen LogP contribution in [0.4, 0.5) is 0 Å². The number of ether oxygens (including phenoxy) is 1. The van der Waals surface area contributed by atoms with Gasteiger partial charge in [0.1, 0.15) is 5.75 Å². The third-order valence-electron chi connectivity index (χ3n) is 3.72. The van der Waals surface area contributed by atoms with Crippen LogP contribution in [0.5, 0.6) is 5.75 Å². The second-order valence-corrected chi connectivity index (χ2v) is 5.25. The van der Waals surface area contributed by atoms with Crippen LogP contribution in [0.15, 0.2) is 84.9 Å². The molecule has 0 amide bonds. The maximum absolute atomic E-state index is 5.25. The summed E-state index contributed by atoms with van der Waals surface area (Å²) in [6.07, 6.45) is 0. The predicted octanol–water partition coefficient (Wildman–Crippen LogP) is 4.88. The van der Waals surface area contributed by atoms with Gasteiger partial charge < -0.3 is 4.74 Å². The van der Waals surface area contributed by atoms with Crippen LogP contribution in [-0.4, -0.2) is 7.11 Å². The van der Waals surface area contributed by atoms with Crippen molar-refractivity contribution in [2.75, 3.05) is 7.11 Å². The number of hydrogen-bond donors (Lipinski definition) is 0. The van der Waals surface area contributed by atoms with E-state index in [2.05, 4.69) is 48.2 Å². The molecule has 112 valence electrons. The van der Waals surface area contributed by atoms with Gasteiger partial charge in [0.2, 0.25) is 0 Å². The first-order valence-electron chi connectivity index (χ1n) is 7.62. The molecule has 3 rings (SSSR count). The lowest BCUT2D eigenvalue weighted by atomic mass is 9.91. The SMILES string of the molecule is COc1ccc([C@H](C#Cc2ccccc2)c2ccccc2)cc1. The van der Waals surface area contributed by atoms with Crippen molar-refractivity contribution in [3.63, 3.8) is 0 Å². The molecule has 3 aromatic rings. The summed E-state index contributed by atoms with van der Waals surface area (Å²) in [4.78, 5) is 0. The summed E-state index contributed by atoms with van der Waals surface area (Å²) in [6, 6.07) is 28.6. The largest absolute Gasteiger partial charge is 0.497 e. The van der Waals surface area contributed by atoms with Crippen molar-refractivity contribution in [3.05, 3.63) is 102 Å². The molecule has 0 aliphatic rings. The lowest BCUT2D eigenvalue weighted by Gasteiger charge is -2.12. The van der Waals surface area contributed by atoms with Crippen LogP contribution in [0, 0.1) is 11.8 Å². The van der Waals surface area contributed by atoms with Gasteiger partial charge in [-0.2, -0.15) is 0 Å². The van der Waals surface area contributed by atoms with Crippen molar-refractivity contribution in [2.45, 2.75) is 5.92 Å². The van der Waals surface area contributed by atoms with E-state index in [-0.39, 0.29) is 5.92 Å². The second-order valence-electron chi connectivity index (χ2n) is 5.25. The van der Waals surface area contributed by atoms with Gasteiger partial charge >= 0.3 is 0 Å². The molecule has 23 heavy (non-hydrogen) atoms. The molecule has 0 aromatic heterocycles. The summed E-state index contributed by atoms with van der Waals surface area (Å²) in [5.41, 5.74) is 3.39. The zero-order valence-electron chi connectivity index (χ0n) is 13.1. The van der Waals surface area contributed by atoms with Gasteiger partial charge in [0, 0.05) is 5.56 Å². The van der Waals surface area contributed by atoms with Crippen LogP contribution in [0.25, 0.3) is 0 Å². The zero-order valence-corrected chi connectivity index (χ0v) is 13.1. The highest BCUT2D eigenvalue weighted by molar-refractivity contribution is 5.45. The van der Waals surface area contributed by atoms with E-state index >= 15 is 0 Å². The average molecular weight is 298 g/mol. The Morgan fingerprint density at radius 1 is 0.696 bits per heavy atom. The smallest absolute Gasteiger partial charge is 0.118 e. The molecule has 1 heteroatoms. The standard InChI is InChI=1S/C22H18O/c1-23-21-15-13-20(14-16-21)22(19-10-6-3-7-11-19)17-12-18-8-4-2-5-9-18/h2-11,13-16,22H,1H3/t22-/m1/s1. The monoisotopic (exact) mass is 298 g/mol. The first-order valence-corrected chi connectivity index (χ1v) is 7.62. The van der Waals surface area contributed by atoms with Crippen LogP contribution in [-0.2, 0) is 0 Å². The van der Waals surface area contributed by atoms with E-state index in [1.165, 1.54) is 11.1 Å². The van der Waals surface area contributed by atoms with Crippen LogP contribution in [0.3, 0.4) is 0 Å². The van der Waals surface area contributed by atoms with E-state index in [9.17, 15) is 0 Å². The van der Waals surface area contributed by atoms with E-state index in [1.54, 1.807) is 7.11 Å². The van der Waals surface area contributed by atoms with Crippen LogP contribution < -0.4 is 4.74 Å². The molecule has 0 unspecified atom stereocenters. The van der Waals surface area contributed by atoms with Crippen LogP contribution >= 0.6 is 0 Å². The number of methoxy groups -OCH3 is 1. The maximum Gasteiger partial charge on any atom is 0.118 e. The molecule has 0 radical (unpaired) electrons. The highest BCUT2D eigenvalue weighted by Gasteiger charge is 2.11. The Morgan fingerprint density at radius 3 is 1.87 bits per heavy atom. The molecule has 0 spiro atoms. The van der Waals surface area contributed by atoms with E-state index in [0.717, 1.165) is 11.3 Å². The van der Waals surface area contributed by atoms with Gasteiger partial charge in [0.25, 0.3) is 0 Å². The predicted molar refractivity (Wildman–Crippen MR) is 94.6 cm³/mol. The summed E-state index contributed by atoms with van der Waals surface area (Å²) < 4.78 is 5.25. The van der Waals surface area contributed by atoms with Crippen molar-refractivity contribution < 1.29 is 4.74 Å². The van der Waals surface area contributed by atoms with Gasteiger partial charge in [0.05, 0.1) is 13.0 Å². The minimum Gasteiger partial charge on any atom is -0.497 e. The van der Waals surface area contributed by atoms with E-state index in [1.807, 2.05) is 48.5 Å². The van der Waals surface area contributed by atoms with Gasteiger partial charge in [0.15, 0.2) is 0 Å². The van der Waals surface area contributed by atoms with Crippen molar-refractivity contribution in [1.82, 2.24) is 0 Å². The molecule has 0 saturated carbocycles. The summed E-state index contributed by atoms with van der Waals surface area (Å²) in [6.45, 7) is 0. The summed E-state index contributed by atoms with van der Waals surface area (Å²) in [5, 5.41) is 0. The fourth-order valence-corrected chi connectivity index (χ4v) is 2.48. The van der Waals surface area contributed by atoms with Gasteiger partial charge in [-0.3, -0.25) is 0 Å². The minimum absolute atomic E-state index is 0.0438. The molecule has 0 N–H and O–H groups in total. The Bertz CT molecular complexity index is 793. The second kappa shape index (κ2) is 7.33. The van der Waals surface area contributed by atoms with Crippen molar-refractivity contribution >= 4 is 0 Å². The Morgan fingerprint density at radius 2 is 1.26 bits per heavy atom. The molecule has 0 aliphatic heterocycles. The molecule has 0 fully saturated rings. The van der Waals surface area contributed by atoms with Gasteiger partial charge in [-0.15, -0.1) is 0 Å². The van der Waals surface area contributed by atoms with Crippen LogP contribution in [0.1, 0.15) is 22.6 Å². The normalized spacial score (nSPS) is 11.2. The molecule has 3 aromatic carbocycles. The Kier molecular flexibility index (Phi) is 4.76. The third-order valence-corrected chi connectivity index (χ3v) is 3.72. The molecule has 0 aliphatic carbocycles. The average Bonchev–Trinajstić information content (AvgIpc) is 2.64. The fraction of sp³-hybridized carbons (Fsp3) is 0.0909. The topological polar surface area (TPSA) is 9.23 Å². The molecule has 0 saturated heterocycles. The molecular weight excluding hydrogens is 280 g/mol. The first-order chi connectivity index (χ1) is 11.4. The minimum atomic E-state index is 0.0438. The molecule has 1 nitrogen and oxygen atoms in total. The fourth-order valence-electron chi connectivity index (χ4n) is 2.48. The molecular formula is C22H18O. The van der Waals surface area contributed by atoms with Gasteiger partial charge in [-0.05, 0) is 35.4 Å². The summed E-state index contributed by atoms with van der Waals surface area (Å²) in [5.74, 6) is 7.61. The highest BCUT2D eigenvalue weighted by atomic mass is 16.5. The molecule has 1 atom stereocenters. The lowest BCUT2D eigenvalue weighted by molar-refractivity contribution is 0.414. The number of benzene rings is 3. The summed E-state index contributed by atoms with van der Waals surface area (Å²) >= 11 is 0. The number of rotatable bonds is 3. The summed E-state index contributed by atoms with van der Waals surface area (Å²) in [7, 11) is 1.68. The van der Waals surface area contributed by atoms with E-state index < -0.39 is 0 Å². The van der Waals surface area contributed by atoms with Crippen molar-refractivity contribution in [1.29, 1.82) is 0 Å². The number of hydrogen-bond acceptors (Lipinski definition) is 1. The Balaban J connectivity index is 1.99. The van der Waals surface area contributed by atoms with Crippen molar-refractivity contribution in [3.8, 4) is 17.6 Å². The van der Waals surface area contributed by atoms with Crippen molar-refractivity contribution in [2.24, 2.45) is 0 Å². The zero-order chi connectivity index (χ0) is 15.9. The molecule has 0 heterocycles. The highest BCUT2D eigenvalue weighted by Crippen LogP contribution is 2.25. The lowest BCUT2D eigenvalue weighted by Crippen LogP contribution is -1.98. The van der Waals surface area contributed by atoms with Crippen LogP contribution in [0.2, 0.25) is 0 Å². The van der Waals surface area contributed by atoms with E-state index in [4.69, 9.17) is 4.74 Å². The quantitative estimate of drug-likeness (QED) is 0.626. The molecule has 0 bridgehead atoms. The maximum atomic E-state index is 5.25. The van der Waals surface area contributed by atoms with Gasteiger partial charge in [-0.25, -0.2) is 0 Å². The van der Waals surface area contributed by atoms with Gasteiger partial charge in [-0.1, -0.05) is 72.5 Å². The van der Waals surface area contributed by atoms with E-state index in [0.29, 0.717) is 0 Å². The Labute approximate surface area is 137 Å². The first kappa shape index (κ1) is 14.9. The third kappa shape index (κ3) is 3.81. The Hall–Kier alpha value is -2.98.